The van der Waals surface area contributed by atoms with Crippen molar-refractivity contribution in [3.8, 4) is 5.75 Å². The first-order chi connectivity index (χ1) is 11.9. The molecule has 2 aliphatic rings. The number of ether oxygens (including phenoxy) is 1. The molecule has 2 bridgehead atoms. The molecule has 4 rings (SSSR count). The summed E-state index contributed by atoms with van der Waals surface area (Å²) in [5.41, 5.74) is 0.280. The summed E-state index contributed by atoms with van der Waals surface area (Å²) in [5, 5.41) is 11.2. The highest BCUT2D eigenvalue weighted by atomic mass is 19.4. The van der Waals surface area contributed by atoms with Crippen molar-refractivity contribution in [2.24, 2.45) is 11.8 Å². The molecular formula is C16H20F3N5O. The minimum atomic E-state index is -4.43. The predicted molar refractivity (Wildman–Crippen MR) is 85.6 cm³/mol. The zero-order chi connectivity index (χ0) is 17.6. The standard InChI is InChI=1S/C16H20F3N5O/c1-9(16(17,18)19)25-12-3-2-6-24-14(12)22-15(23-24)21-13-10-4-5-11(13)8-20-7-10/h2-3,6,9-11,13,20H,4-5,7-8H2,1H3,(H,21,23)/t9-,10-,11+,13-/m1/s1. The van der Waals surface area contributed by atoms with Crippen molar-refractivity contribution in [2.45, 2.75) is 38.1 Å². The molecule has 1 aliphatic heterocycles. The van der Waals surface area contributed by atoms with Crippen LogP contribution in [0.15, 0.2) is 18.3 Å². The number of nitrogens with zero attached hydrogens (tertiary/aromatic N) is 3. The Hall–Kier alpha value is -2.03. The molecule has 0 unspecified atom stereocenters. The Kier molecular flexibility index (Phi) is 3.98. The van der Waals surface area contributed by atoms with Crippen LogP contribution in [0.1, 0.15) is 19.8 Å². The molecule has 136 valence electrons. The molecule has 0 radical (unpaired) electrons. The number of aromatic nitrogens is 3. The first-order valence-corrected chi connectivity index (χ1v) is 8.48. The van der Waals surface area contributed by atoms with Crippen molar-refractivity contribution >= 4 is 11.6 Å². The Balaban J connectivity index is 1.57. The van der Waals surface area contributed by atoms with E-state index in [1.807, 2.05) is 0 Å². The highest BCUT2D eigenvalue weighted by Gasteiger charge is 2.40. The molecule has 1 saturated heterocycles. The Morgan fingerprint density at radius 2 is 2.04 bits per heavy atom. The number of fused-ring (bicyclic) bond motifs is 3. The molecule has 25 heavy (non-hydrogen) atoms. The summed E-state index contributed by atoms with van der Waals surface area (Å²) in [4.78, 5) is 4.37. The number of rotatable bonds is 4. The fourth-order valence-electron chi connectivity index (χ4n) is 3.76. The normalized spacial score (nSPS) is 27.4. The molecule has 1 aliphatic carbocycles. The van der Waals surface area contributed by atoms with Crippen LogP contribution in [0.4, 0.5) is 19.1 Å². The van der Waals surface area contributed by atoms with Crippen LogP contribution in [0, 0.1) is 11.8 Å². The number of alkyl halides is 3. The van der Waals surface area contributed by atoms with Gasteiger partial charge in [0, 0.05) is 12.2 Å². The van der Waals surface area contributed by atoms with Gasteiger partial charge in [-0.25, -0.2) is 4.52 Å². The van der Waals surface area contributed by atoms with Gasteiger partial charge in [0.25, 0.3) is 0 Å². The Morgan fingerprint density at radius 1 is 1.32 bits per heavy atom. The van der Waals surface area contributed by atoms with Gasteiger partial charge in [-0.05, 0) is 56.8 Å². The summed E-state index contributed by atoms with van der Waals surface area (Å²) in [6, 6.07) is 3.37. The SMILES string of the molecule is C[C@@H](Oc1cccn2nc(N[C@@H]3[C@@H]4CC[C@H]3CNC4)nc12)C(F)(F)F. The van der Waals surface area contributed by atoms with Crippen LogP contribution in [0.5, 0.6) is 5.75 Å². The summed E-state index contributed by atoms with van der Waals surface area (Å²) in [7, 11) is 0. The highest BCUT2D eigenvalue weighted by molar-refractivity contribution is 5.56. The number of piperidine rings is 1. The van der Waals surface area contributed by atoms with E-state index in [9.17, 15) is 13.2 Å². The molecule has 2 aromatic rings. The van der Waals surface area contributed by atoms with Gasteiger partial charge in [-0.2, -0.15) is 18.2 Å². The van der Waals surface area contributed by atoms with E-state index in [-0.39, 0.29) is 11.4 Å². The smallest absolute Gasteiger partial charge is 0.425 e. The van der Waals surface area contributed by atoms with Gasteiger partial charge in [-0.15, -0.1) is 5.10 Å². The van der Waals surface area contributed by atoms with E-state index in [4.69, 9.17) is 4.74 Å². The fraction of sp³-hybridized carbons (Fsp3) is 0.625. The predicted octanol–water partition coefficient (Wildman–Crippen LogP) is 2.47. The third kappa shape index (κ3) is 3.12. The minimum absolute atomic E-state index is 0.0705. The lowest BCUT2D eigenvalue weighted by Crippen LogP contribution is -2.45. The van der Waals surface area contributed by atoms with E-state index in [2.05, 4.69) is 20.7 Å². The van der Waals surface area contributed by atoms with E-state index in [0.29, 0.717) is 23.8 Å². The summed E-state index contributed by atoms with van der Waals surface area (Å²) in [6.45, 7) is 2.92. The molecule has 0 spiro atoms. The number of hydrogen-bond acceptors (Lipinski definition) is 5. The maximum absolute atomic E-state index is 12.8. The second-order valence-electron chi connectivity index (χ2n) is 6.80. The van der Waals surface area contributed by atoms with Crippen molar-refractivity contribution in [1.29, 1.82) is 0 Å². The first-order valence-electron chi connectivity index (χ1n) is 8.48. The third-order valence-corrected chi connectivity index (χ3v) is 5.12. The Bertz CT molecular complexity index is 746. The van der Waals surface area contributed by atoms with Gasteiger partial charge in [-0.3, -0.25) is 0 Å². The zero-order valence-electron chi connectivity index (χ0n) is 13.8. The second-order valence-corrected chi connectivity index (χ2v) is 6.80. The molecule has 2 N–H and O–H groups in total. The van der Waals surface area contributed by atoms with Crippen molar-refractivity contribution in [3.63, 3.8) is 0 Å². The lowest BCUT2D eigenvalue weighted by atomic mass is 9.94. The van der Waals surface area contributed by atoms with E-state index in [1.165, 1.54) is 23.4 Å². The Labute approximate surface area is 142 Å². The van der Waals surface area contributed by atoms with Crippen LogP contribution in [0.3, 0.4) is 0 Å². The fourth-order valence-corrected chi connectivity index (χ4v) is 3.76. The van der Waals surface area contributed by atoms with Gasteiger partial charge in [0.05, 0.1) is 0 Å². The number of pyridine rings is 1. The van der Waals surface area contributed by atoms with Crippen molar-refractivity contribution in [3.05, 3.63) is 18.3 Å². The quantitative estimate of drug-likeness (QED) is 0.882. The Morgan fingerprint density at radius 3 is 2.72 bits per heavy atom. The molecule has 1 saturated carbocycles. The number of anilines is 1. The summed E-state index contributed by atoms with van der Waals surface area (Å²) in [5.74, 6) is 1.57. The lowest BCUT2D eigenvalue weighted by Gasteiger charge is -2.30. The molecule has 9 heteroatoms. The maximum Gasteiger partial charge on any atom is 0.425 e. The van der Waals surface area contributed by atoms with E-state index >= 15 is 0 Å². The third-order valence-electron chi connectivity index (χ3n) is 5.12. The number of nitrogens with one attached hydrogen (secondary N) is 2. The summed E-state index contributed by atoms with van der Waals surface area (Å²) < 4.78 is 44.8. The number of halogens is 3. The molecule has 0 aromatic carbocycles. The average molecular weight is 355 g/mol. The van der Waals surface area contributed by atoms with Crippen molar-refractivity contribution in [2.75, 3.05) is 18.4 Å². The second kappa shape index (κ2) is 6.05. The van der Waals surface area contributed by atoms with E-state index < -0.39 is 12.3 Å². The van der Waals surface area contributed by atoms with Gasteiger partial charge in [0.2, 0.25) is 5.95 Å². The van der Waals surface area contributed by atoms with E-state index in [0.717, 1.165) is 20.0 Å². The monoisotopic (exact) mass is 355 g/mol. The van der Waals surface area contributed by atoms with Gasteiger partial charge >= 0.3 is 6.18 Å². The van der Waals surface area contributed by atoms with Crippen molar-refractivity contribution < 1.29 is 17.9 Å². The molecule has 6 nitrogen and oxygen atoms in total. The van der Waals surface area contributed by atoms with E-state index in [1.54, 1.807) is 12.3 Å². The average Bonchev–Trinajstić information content (AvgIpc) is 3.04. The molecule has 2 fully saturated rings. The van der Waals surface area contributed by atoms with Crippen molar-refractivity contribution in [1.82, 2.24) is 19.9 Å². The summed E-state index contributed by atoms with van der Waals surface area (Å²) in [6.07, 6.45) is -2.36. The lowest BCUT2D eigenvalue weighted by molar-refractivity contribution is -0.189. The zero-order valence-corrected chi connectivity index (χ0v) is 13.8. The van der Waals surface area contributed by atoms with Gasteiger partial charge in [0.1, 0.15) is 0 Å². The van der Waals surface area contributed by atoms with Crippen LogP contribution in [-0.2, 0) is 0 Å². The van der Waals surface area contributed by atoms with Crippen LogP contribution in [0.2, 0.25) is 0 Å². The van der Waals surface area contributed by atoms with Gasteiger partial charge in [0.15, 0.2) is 17.5 Å². The van der Waals surface area contributed by atoms with Gasteiger partial charge in [-0.1, -0.05) is 0 Å². The van der Waals surface area contributed by atoms with Crippen LogP contribution < -0.4 is 15.4 Å². The molecule has 3 heterocycles. The molecular weight excluding hydrogens is 335 g/mol. The largest absolute Gasteiger partial charge is 0.477 e. The van der Waals surface area contributed by atoms with Crippen LogP contribution >= 0.6 is 0 Å². The highest BCUT2D eigenvalue weighted by Crippen LogP contribution is 2.35. The van der Waals surface area contributed by atoms with Crippen LogP contribution in [-0.4, -0.2) is 46.0 Å². The number of hydrogen-bond donors (Lipinski definition) is 2. The topological polar surface area (TPSA) is 63.5 Å². The minimum Gasteiger partial charge on any atom is -0.477 e. The first kappa shape index (κ1) is 16.4. The maximum atomic E-state index is 12.8. The molecule has 2 aromatic heterocycles. The molecule has 0 amide bonds. The molecule has 4 atom stereocenters. The van der Waals surface area contributed by atoms with Crippen LogP contribution in [0.25, 0.3) is 5.65 Å². The summed E-state index contributed by atoms with van der Waals surface area (Å²) >= 11 is 0. The van der Waals surface area contributed by atoms with Gasteiger partial charge < -0.3 is 15.4 Å².